The van der Waals surface area contributed by atoms with Crippen LogP contribution < -0.4 is 4.74 Å². The second-order valence-corrected chi connectivity index (χ2v) is 5.80. The third kappa shape index (κ3) is 4.27. The van der Waals surface area contributed by atoms with Gasteiger partial charge in [0.15, 0.2) is 6.10 Å². The molecule has 0 fully saturated rings. The minimum Gasteiger partial charge on any atom is -0.481 e. The van der Waals surface area contributed by atoms with Crippen LogP contribution in [0.4, 0.5) is 0 Å². The molecule has 0 N–H and O–H groups in total. The van der Waals surface area contributed by atoms with Gasteiger partial charge in [0.1, 0.15) is 12.3 Å². The van der Waals surface area contributed by atoms with Crippen molar-refractivity contribution in [2.24, 2.45) is 0 Å². The Balaban J connectivity index is 1.65. The molecule has 26 heavy (non-hydrogen) atoms. The summed E-state index contributed by atoms with van der Waals surface area (Å²) in [6.45, 7) is 4.41. The van der Waals surface area contributed by atoms with Crippen molar-refractivity contribution in [1.29, 1.82) is 0 Å². The molecular weight excluding hydrogens is 330 g/mol. The van der Waals surface area contributed by atoms with Crippen LogP contribution in [0, 0.1) is 0 Å². The standard InChI is InChI=1S/C20H21N3O3/c1-3-23(20(24)15(2)25-17-12-8-5-9-13-17)14-18-21-19(22-26-18)16-10-6-4-7-11-16/h4-13,15H,3,14H2,1-2H3/t15-/m0/s1. The van der Waals surface area contributed by atoms with Gasteiger partial charge in [0.05, 0.1) is 0 Å². The van der Waals surface area contributed by atoms with Gasteiger partial charge in [-0.15, -0.1) is 0 Å². The Morgan fingerprint density at radius 1 is 1.12 bits per heavy atom. The quantitative estimate of drug-likeness (QED) is 0.651. The maximum absolute atomic E-state index is 12.7. The van der Waals surface area contributed by atoms with Crippen molar-refractivity contribution in [3.63, 3.8) is 0 Å². The van der Waals surface area contributed by atoms with Crippen molar-refractivity contribution in [2.45, 2.75) is 26.5 Å². The van der Waals surface area contributed by atoms with Gasteiger partial charge in [-0.05, 0) is 26.0 Å². The van der Waals surface area contributed by atoms with Gasteiger partial charge in [0.25, 0.3) is 5.91 Å². The van der Waals surface area contributed by atoms with Crippen molar-refractivity contribution < 1.29 is 14.1 Å². The number of para-hydroxylation sites is 1. The number of aromatic nitrogens is 2. The van der Waals surface area contributed by atoms with Crippen LogP contribution >= 0.6 is 0 Å². The monoisotopic (exact) mass is 351 g/mol. The molecule has 134 valence electrons. The zero-order valence-electron chi connectivity index (χ0n) is 14.8. The average molecular weight is 351 g/mol. The number of rotatable bonds is 7. The van der Waals surface area contributed by atoms with Gasteiger partial charge in [-0.2, -0.15) is 4.98 Å². The number of carbonyl (C=O) groups excluding carboxylic acids is 1. The van der Waals surface area contributed by atoms with E-state index in [1.54, 1.807) is 11.8 Å². The first-order valence-corrected chi connectivity index (χ1v) is 8.56. The molecule has 0 spiro atoms. The Labute approximate surface area is 152 Å². The number of likely N-dealkylation sites (N-methyl/N-ethyl adjacent to an activating group) is 1. The molecule has 0 radical (unpaired) electrons. The minimum atomic E-state index is -0.603. The molecule has 2 aromatic carbocycles. The van der Waals surface area contributed by atoms with Crippen LogP contribution in [0.15, 0.2) is 65.2 Å². The van der Waals surface area contributed by atoms with E-state index >= 15 is 0 Å². The van der Waals surface area contributed by atoms with E-state index < -0.39 is 6.10 Å². The fraction of sp³-hybridized carbons (Fsp3) is 0.250. The molecule has 0 aliphatic heterocycles. The van der Waals surface area contributed by atoms with Crippen LogP contribution in [0.1, 0.15) is 19.7 Å². The molecule has 0 bridgehead atoms. The second-order valence-electron chi connectivity index (χ2n) is 5.80. The van der Waals surface area contributed by atoms with Gasteiger partial charge >= 0.3 is 0 Å². The summed E-state index contributed by atoms with van der Waals surface area (Å²) in [5.41, 5.74) is 0.873. The summed E-state index contributed by atoms with van der Waals surface area (Å²) < 4.78 is 11.0. The number of amides is 1. The molecule has 0 unspecified atom stereocenters. The van der Waals surface area contributed by atoms with Gasteiger partial charge in [-0.3, -0.25) is 4.79 Å². The first-order chi connectivity index (χ1) is 12.7. The molecule has 0 aliphatic rings. The Bertz CT molecular complexity index is 834. The second kappa shape index (κ2) is 8.29. The van der Waals surface area contributed by atoms with Gasteiger partial charge in [-0.25, -0.2) is 0 Å². The SMILES string of the molecule is CCN(Cc1nc(-c2ccccc2)no1)C(=O)[C@H](C)Oc1ccccc1. The summed E-state index contributed by atoms with van der Waals surface area (Å²) in [6.07, 6.45) is -0.603. The minimum absolute atomic E-state index is 0.129. The van der Waals surface area contributed by atoms with Gasteiger partial charge in [-0.1, -0.05) is 53.7 Å². The lowest BCUT2D eigenvalue weighted by atomic mass is 10.2. The maximum atomic E-state index is 12.7. The zero-order valence-corrected chi connectivity index (χ0v) is 14.8. The van der Waals surface area contributed by atoms with Crippen molar-refractivity contribution in [2.75, 3.05) is 6.54 Å². The predicted molar refractivity (Wildman–Crippen MR) is 97.4 cm³/mol. The highest BCUT2D eigenvalue weighted by Crippen LogP contribution is 2.17. The summed E-state index contributed by atoms with van der Waals surface area (Å²) in [6, 6.07) is 18.9. The molecule has 6 nitrogen and oxygen atoms in total. The molecule has 1 amide bonds. The maximum Gasteiger partial charge on any atom is 0.263 e. The highest BCUT2D eigenvalue weighted by atomic mass is 16.5. The Morgan fingerprint density at radius 2 is 1.77 bits per heavy atom. The molecular formula is C20H21N3O3. The Morgan fingerprint density at radius 3 is 2.42 bits per heavy atom. The largest absolute Gasteiger partial charge is 0.481 e. The number of nitrogens with zero attached hydrogens (tertiary/aromatic N) is 3. The lowest BCUT2D eigenvalue weighted by molar-refractivity contribution is -0.138. The molecule has 3 aromatic rings. The van der Waals surface area contributed by atoms with E-state index in [-0.39, 0.29) is 12.5 Å². The van der Waals surface area contributed by atoms with E-state index in [0.717, 1.165) is 5.56 Å². The molecule has 0 aliphatic carbocycles. The molecule has 1 aromatic heterocycles. The van der Waals surface area contributed by atoms with Crippen molar-refractivity contribution >= 4 is 5.91 Å². The summed E-state index contributed by atoms with van der Waals surface area (Å²) in [7, 11) is 0. The summed E-state index contributed by atoms with van der Waals surface area (Å²) in [4.78, 5) is 18.7. The summed E-state index contributed by atoms with van der Waals surface area (Å²) >= 11 is 0. The van der Waals surface area contributed by atoms with Crippen LogP contribution in [0.3, 0.4) is 0 Å². The Hall–Kier alpha value is -3.15. The van der Waals surface area contributed by atoms with E-state index in [0.29, 0.717) is 24.0 Å². The molecule has 3 rings (SSSR count). The molecule has 1 atom stereocenters. The number of hydrogen-bond donors (Lipinski definition) is 0. The van der Waals surface area contributed by atoms with Crippen LogP contribution in [0.2, 0.25) is 0 Å². The van der Waals surface area contributed by atoms with Crippen molar-refractivity contribution in [3.05, 3.63) is 66.6 Å². The van der Waals surface area contributed by atoms with Crippen LogP contribution in [0.25, 0.3) is 11.4 Å². The summed E-state index contributed by atoms with van der Waals surface area (Å²) in [5, 5.41) is 3.99. The fourth-order valence-electron chi connectivity index (χ4n) is 2.54. The highest BCUT2D eigenvalue weighted by molar-refractivity contribution is 5.80. The van der Waals surface area contributed by atoms with Crippen LogP contribution in [-0.4, -0.2) is 33.6 Å². The summed E-state index contributed by atoms with van der Waals surface area (Å²) in [5.74, 6) is 1.44. The van der Waals surface area contributed by atoms with Gasteiger partial charge in [0, 0.05) is 12.1 Å². The third-order valence-electron chi connectivity index (χ3n) is 3.92. The van der Waals surface area contributed by atoms with E-state index in [1.165, 1.54) is 0 Å². The number of benzene rings is 2. The molecule has 6 heteroatoms. The fourth-order valence-corrected chi connectivity index (χ4v) is 2.54. The topological polar surface area (TPSA) is 68.5 Å². The highest BCUT2D eigenvalue weighted by Gasteiger charge is 2.23. The first-order valence-electron chi connectivity index (χ1n) is 8.56. The van der Waals surface area contributed by atoms with Crippen molar-refractivity contribution in [3.8, 4) is 17.1 Å². The first kappa shape index (κ1) is 17.7. The smallest absolute Gasteiger partial charge is 0.263 e. The lowest BCUT2D eigenvalue weighted by Gasteiger charge is -2.23. The average Bonchev–Trinajstić information content (AvgIpc) is 3.15. The lowest BCUT2D eigenvalue weighted by Crippen LogP contribution is -2.40. The number of hydrogen-bond acceptors (Lipinski definition) is 5. The Kier molecular flexibility index (Phi) is 5.63. The van der Waals surface area contributed by atoms with Crippen LogP contribution in [-0.2, 0) is 11.3 Å². The van der Waals surface area contributed by atoms with E-state index in [9.17, 15) is 4.79 Å². The normalized spacial score (nSPS) is 11.8. The van der Waals surface area contributed by atoms with Gasteiger partial charge < -0.3 is 14.2 Å². The third-order valence-corrected chi connectivity index (χ3v) is 3.92. The van der Waals surface area contributed by atoms with Crippen LogP contribution in [0.5, 0.6) is 5.75 Å². The van der Waals surface area contributed by atoms with Crippen molar-refractivity contribution in [1.82, 2.24) is 15.0 Å². The van der Waals surface area contributed by atoms with E-state index in [2.05, 4.69) is 10.1 Å². The molecule has 0 saturated heterocycles. The zero-order chi connectivity index (χ0) is 18.4. The van der Waals surface area contributed by atoms with Gasteiger partial charge in [0.2, 0.25) is 11.7 Å². The number of carbonyl (C=O) groups is 1. The molecule has 1 heterocycles. The van der Waals surface area contributed by atoms with E-state index in [4.69, 9.17) is 9.26 Å². The van der Waals surface area contributed by atoms with E-state index in [1.807, 2.05) is 67.6 Å². The number of ether oxygens (including phenoxy) is 1. The predicted octanol–water partition coefficient (Wildman–Crippen LogP) is 3.55. The molecule has 0 saturated carbocycles.